The minimum absolute atomic E-state index is 0. The average Bonchev–Trinajstić information content (AvgIpc) is 2.26. The number of nitrogens with zero attached hydrogens (tertiary/aromatic N) is 2. The van der Waals surface area contributed by atoms with E-state index in [2.05, 4.69) is 4.90 Å². The van der Waals surface area contributed by atoms with Crippen molar-refractivity contribution in [3.63, 3.8) is 0 Å². The van der Waals surface area contributed by atoms with Gasteiger partial charge >= 0.3 is 0 Å². The van der Waals surface area contributed by atoms with E-state index in [1.807, 2.05) is 18.7 Å². The highest BCUT2D eigenvalue weighted by atomic mass is 35.5. The normalized spacial score (nSPS) is 18.9. The Morgan fingerprint density at radius 3 is 2.38 bits per heavy atom. The fourth-order valence-electron chi connectivity index (χ4n) is 2.02. The molecule has 1 amide bonds. The third-order valence-electron chi connectivity index (χ3n) is 2.66. The first-order chi connectivity index (χ1) is 6.88. The fraction of sp³-hybridized carbons (Fsp3) is 0.909. The van der Waals surface area contributed by atoms with Crippen molar-refractivity contribution in [2.75, 3.05) is 32.7 Å². The summed E-state index contributed by atoms with van der Waals surface area (Å²) < 4.78 is 0. The smallest absolute Gasteiger partial charge is 0.219 e. The fourth-order valence-corrected chi connectivity index (χ4v) is 2.02. The number of hydrogen-bond acceptors (Lipinski definition) is 3. The van der Waals surface area contributed by atoms with E-state index in [0.717, 1.165) is 39.1 Å². The monoisotopic (exact) mass is 249 g/mol. The Labute approximate surface area is 105 Å². The van der Waals surface area contributed by atoms with Crippen LogP contribution in [0.5, 0.6) is 0 Å². The summed E-state index contributed by atoms with van der Waals surface area (Å²) in [5.74, 6) is 0.184. The summed E-state index contributed by atoms with van der Waals surface area (Å²) in [4.78, 5) is 15.5. The maximum absolute atomic E-state index is 11.2. The van der Waals surface area contributed by atoms with Crippen LogP contribution < -0.4 is 5.73 Å². The third-order valence-corrected chi connectivity index (χ3v) is 2.66. The number of nitrogens with two attached hydrogens (primary N) is 1. The number of halogens is 1. The van der Waals surface area contributed by atoms with Crippen LogP contribution in [0.1, 0.15) is 27.2 Å². The van der Waals surface area contributed by atoms with Crippen molar-refractivity contribution in [2.45, 2.75) is 32.7 Å². The lowest BCUT2D eigenvalue weighted by Gasteiger charge is -2.28. The van der Waals surface area contributed by atoms with Crippen LogP contribution in [0.25, 0.3) is 0 Å². The van der Waals surface area contributed by atoms with Gasteiger partial charge in [0.25, 0.3) is 0 Å². The Hall–Kier alpha value is -0.320. The number of rotatable bonds is 2. The first kappa shape index (κ1) is 15.7. The van der Waals surface area contributed by atoms with Crippen LogP contribution >= 0.6 is 12.4 Å². The van der Waals surface area contributed by atoms with Gasteiger partial charge in [0, 0.05) is 38.6 Å². The average molecular weight is 250 g/mol. The molecule has 96 valence electrons. The second-order valence-electron chi connectivity index (χ2n) is 5.12. The first-order valence-electron chi connectivity index (χ1n) is 5.65. The number of carbonyl (C=O) groups excluding carboxylic acids is 1. The van der Waals surface area contributed by atoms with E-state index in [1.54, 1.807) is 6.92 Å². The SMILES string of the molecule is CC(=O)N1CCCN(CC(C)(C)N)CC1.Cl. The second-order valence-corrected chi connectivity index (χ2v) is 5.12. The maximum Gasteiger partial charge on any atom is 0.219 e. The molecule has 0 bridgehead atoms. The van der Waals surface area contributed by atoms with Gasteiger partial charge in [-0.15, -0.1) is 12.4 Å². The van der Waals surface area contributed by atoms with Gasteiger partial charge in [0.2, 0.25) is 5.91 Å². The molecule has 0 unspecified atom stereocenters. The Morgan fingerprint density at radius 2 is 1.88 bits per heavy atom. The molecule has 0 aromatic heterocycles. The van der Waals surface area contributed by atoms with Gasteiger partial charge in [-0.3, -0.25) is 9.69 Å². The Balaban J connectivity index is 0.00000225. The first-order valence-corrected chi connectivity index (χ1v) is 5.65. The molecule has 0 saturated carbocycles. The number of amides is 1. The summed E-state index contributed by atoms with van der Waals surface area (Å²) in [7, 11) is 0. The van der Waals surface area contributed by atoms with Gasteiger partial charge in [0.05, 0.1) is 0 Å². The summed E-state index contributed by atoms with van der Waals surface area (Å²) in [6.45, 7) is 10.3. The maximum atomic E-state index is 11.2. The van der Waals surface area contributed by atoms with Crippen molar-refractivity contribution >= 4 is 18.3 Å². The molecule has 1 saturated heterocycles. The zero-order valence-corrected chi connectivity index (χ0v) is 11.3. The molecule has 1 heterocycles. The van der Waals surface area contributed by atoms with E-state index in [9.17, 15) is 4.79 Å². The lowest BCUT2D eigenvalue weighted by atomic mass is 10.1. The summed E-state index contributed by atoms with van der Waals surface area (Å²) in [6, 6.07) is 0. The molecule has 16 heavy (non-hydrogen) atoms. The molecule has 0 spiro atoms. The van der Waals surface area contributed by atoms with Crippen LogP contribution in [0.2, 0.25) is 0 Å². The van der Waals surface area contributed by atoms with Crippen LogP contribution in [0, 0.1) is 0 Å². The molecule has 0 radical (unpaired) electrons. The molecule has 0 aliphatic carbocycles. The zero-order chi connectivity index (χ0) is 11.5. The number of carbonyl (C=O) groups is 1. The highest BCUT2D eigenvalue weighted by molar-refractivity contribution is 5.85. The summed E-state index contributed by atoms with van der Waals surface area (Å²) in [6.07, 6.45) is 1.05. The van der Waals surface area contributed by atoms with E-state index in [-0.39, 0.29) is 23.9 Å². The second kappa shape index (κ2) is 6.42. The van der Waals surface area contributed by atoms with Gasteiger partial charge < -0.3 is 10.6 Å². The van der Waals surface area contributed by atoms with Gasteiger partial charge in [-0.25, -0.2) is 0 Å². The highest BCUT2D eigenvalue weighted by Crippen LogP contribution is 2.07. The predicted molar refractivity (Wildman–Crippen MR) is 68.8 cm³/mol. The van der Waals surface area contributed by atoms with Gasteiger partial charge in [0.15, 0.2) is 0 Å². The molecule has 5 heteroatoms. The lowest BCUT2D eigenvalue weighted by molar-refractivity contribution is -0.128. The van der Waals surface area contributed by atoms with Gasteiger partial charge in [-0.1, -0.05) is 0 Å². The predicted octanol–water partition coefficient (Wildman–Crippen LogP) is 0.700. The molecule has 0 aromatic carbocycles. The number of hydrogen-bond donors (Lipinski definition) is 1. The zero-order valence-electron chi connectivity index (χ0n) is 10.5. The van der Waals surface area contributed by atoms with Crippen molar-refractivity contribution < 1.29 is 4.79 Å². The van der Waals surface area contributed by atoms with E-state index < -0.39 is 0 Å². The standard InChI is InChI=1S/C11H23N3O.ClH/c1-10(15)14-6-4-5-13(7-8-14)9-11(2,3)12;/h4-9,12H2,1-3H3;1H. The molecule has 2 N–H and O–H groups in total. The summed E-state index contributed by atoms with van der Waals surface area (Å²) in [5.41, 5.74) is 5.84. The van der Waals surface area contributed by atoms with Crippen molar-refractivity contribution in [2.24, 2.45) is 5.73 Å². The minimum Gasteiger partial charge on any atom is -0.342 e. The van der Waals surface area contributed by atoms with E-state index in [0.29, 0.717) is 0 Å². The van der Waals surface area contributed by atoms with Crippen LogP contribution in [-0.4, -0.2) is 54.0 Å². The Bertz CT molecular complexity index is 228. The topological polar surface area (TPSA) is 49.6 Å². The van der Waals surface area contributed by atoms with Crippen LogP contribution in [0.15, 0.2) is 0 Å². The lowest BCUT2D eigenvalue weighted by Crippen LogP contribution is -2.46. The van der Waals surface area contributed by atoms with Crippen LogP contribution in [0.4, 0.5) is 0 Å². The molecule has 4 nitrogen and oxygen atoms in total. The largest absolute Gasteiger partial charge is 0.342 e. The van der Waals surface area contributed by atoms with E-state index in [1.165, 1.54) is 0 Å². The minimum atomic E-state index is -0.147. The van der Waals surface area contributed by atoms with Crippen molar-refractivity contribution in [3.8, 4) is 0 Å². The quantitative estimate of drug-likeness (QED) is 0.784. The molecule has 1 aliphatic rings. The molecule has 0 atom stereocenters. The third kappa shape index (κ3) is 5.68. The van der Waals surface area contributed by atoms with E-state index >= 15 is 0 Å². The summed E-state index contributed by atoms with van der Waals surface area (Å²) >= 11 is 0. The molecular formula is C11H24ClN3O. The van der Waals surface area contributed by atoms with Gasteiger partial charge in [-0.05, 0) is 26.8 Å². The molecule has 1 aliphatic heterocycles. The molecule has 1 rings (SSSR count). The molecular weight excluding hydrogens is 226 g/mol. The molecule has 0 aromatic rings. The summed E-state index contributed by atoms with van der Waals surface area (Å²) in [5, 5.41) is 0. The van der Waals surface area contributed by atoms with Gasteiger partial charge in [-0.2, -0.15) is 0 Å². The van der Waals surface area contributed by atoms with E-state index in [4.69, 9.17) is 5.73 Å². The van der Waals surface area contributed by atoms with Crippen molar-refractivity contribution in [1.82, 2.24) is 9.80 Å². The Morgan fingerprint density at radius 1 is 1.25 bits per heavy atom. The van der Waals surface area contributed by atoms with Crippen molar-refractivity contribution in [1.29, 1.82) is 0 Å². The molecule has 1 fully saturated rings. The Kier molecular flexibility index (Phi) is 6.30. The highest BCUT2D eigenvalue weighted by Gasteiger charge is 2.20. The van der Waals surface area contributed by atoms with Crippen LogP contribution in [0.3, 0.4) is 0 Å². The van der Waals surface area contributed by atoms with Crippen LogP contribution in [-0.2, 0) is 4.79 Å². The van der Waals surface area contributed by atoms with Gasteiger partial charge in [0.1, 0.15) is 0 Å². The van der Waals surface area contributed by atoms with Crippen molar-refractivity contribution in [3.05, 3.63) is 0 Å².